The molecule has 0 aliphatic carbocycles. The molecule has 1 N–H and O–H groups in total. The number of nitrogens with one attached hydrogen (secondary N) is 1. The number of benzene rings is 3. The minimum atomic E-state index is -3.91. The lowest BCUT2D eigenvalue weighted by Crippen LogP contribution is -2.12. The van der Waals surface area contributed by atoms with Crippen molar-refractivity contribution in [1.82, 2.24) is 0 Å². The van der Waals surface area contributed by atoms with Crippen molar-refractivity contribution < 1.29 is 27.6 Å². The second-order valence-corrected chi connectivity index (χ2v) is 8.46. The molecule has 9 nitrogen and oxygen atoms in total. The predicted octanol–water partition coefficient (Wildman–Crippen LogP) is 4.59. The van der Waals surface area contributed by atoms with E-state index in [0.29, 0.717) is 22.9 Å². The highest BCUT2D eigenvalue weighted by Crippen LogP contribution is 2.38. The monoisotopic (exact) mass is 470 g/mol. The Bertz CT molecular complexity index is 1260. The average Bonchev–Trinajstić information content (AvgIpc) is 2.82. The van der Waals surface area contributed by atoms with Crippen molar-refractivity contribution in [3.63, 3.8) is 0 Å². The van der Waals surface area contributed by atoms with Crippen LogP contribution >= 0.6 is 0 Å². The molecule has 0 bridgehead atoms. The van der Waals surface area contributed by atoms with E-state index in [4.69, 9.17) is 14.2 Å². The maximum atomic E-state index is 12.6. The summed E-state index contributed by atoms with van der Waals surface area (Å²) >= 11 is 0. The molecule has 0 radical (unpaired) electrons. The van der Waals surface area contributed by atoms with Crippen LogP contribution in [0.25, 0.3) is 12.2 Å². The van der Waals surface area contributed by atoms with Gasteiger partial charge < -0.3 is 14.2 Å². The minimum absolute atomic E-state index is 0.0773. The van der Waals surface area contributed by atoms with Crippen LogP contribution in [0.15, 0.2) is 65.6 Å². The molecule has 172 valence electrons. The molecule has 0 spiro atoms. The summed E-state index contributed by atoms with van der Waals surface area (Å²) < 4.78 is 43.8. The molecule has 3 aromatic rings. The number of nitro benzene ring substituents is 1. The smallest absolute Gasteiger partial charge is 0.269 e. The maximum absolute atomic E-state index is 12.6. The first kappa shape index (κ1) is 23.6. The number of non-ortho nitro benzene ring substituents is 1. The van der Waals surface area contributed by atoms with Crippen molar-refractivity contribution in [3.8, 4) is 17.2 Å². The molecule has 0 saturated carbocycles. The lowest BCUT2D eigenvalue weighted by molar-refractivity contribution is -0.384. The second kappa shape index (κ2) is 10.0. The normalized spacial score (nSPS) is 11.2. The fourth-order valence-corrected chi connectivity index (χ4v) is 4.11. The quantitative estimate of drug-likeness (QED) is 0.276. The standard InChI is InChI=1S/C23H22N2O7S/c1-30-21-14-17(15-22(31-2)23(21)32-3)8-7-16-5-4-6-18(13-16)24-33(28,29)20-11-9-19(10-12-20)25(26)27/h4-15,24H,1-3H3. The molecule has 0 unspecified atom stereocenters. The SMILES string of the molecule is COc1cc(C=Cc2cccc(NS(=O)(=O)c3ccc([N+](=O)[O-])cc3)c2)cc(OC)c1OC. The summed E-state index contributed by atoms with van der Waals surface area (Å²) in [4.78, 5) is 10.1. The average molecular weight is 471 g/mol. The van der Waals surface area contributed by atoms with Crippen LogP contribution in [-0.2, 0) is 10.0 Å². The zero-order chi connectivity index (χ0) is 24.0. The largest absolute Gasteiger partial charge is 0.493 e. The Balaban J connectivity index is 1.82. The Labute approximate surface area is 191 Å². The molecular formula is C23H22N2O7S. The zero-order valence-corrected chi connectivity index (χ0v) is 19.0. The van der Waals surface area contributed by atoms with Crippen LogP contribution in [0, 0.1) is 10.1 Å². The van der Waals surface area contributed by atoms with Gasteiger partial charge in [0, 0.05) is 17.8 Å². The highest BCUT2D eigenvalue weighted by atomic mass is 32.2. The molecule has 0 saturated heterocycles. The highest BCUT2D eigenvalue weighted by molar-refractivity contribution is 7.92. The summed E-state index contributed by atoms with van der Waals surface area (Å²) in [5.41, 5.74) is 1.70. The van der Waals surface area contributed by atoms with Gasteiger partial charge in [0.2, 0.25) is 5.75 Å². The predicted molar refractivity (Wildman–Crippen MR) is 125 cm³/mol. The Morgan fingerprint density at radius 2 is 1.45 bits per heavy atom. The van der Waals surface area contributed by atoms with Crippen LogP contribution < -0.4 is 18.9 Å². The maximum Gasteiger partial charge on any atom is 0.269 e. The summed E-state index contributed by atoms with van der Waals surface area (Å²) in [5, 5.41) is 10.8. The Morgan fingerprint density at radius 1 is 0.848 bits per heavy atom. The molecule has 0 aliphatic heterocycles. The van der Waals surface area contributed by atoms with Gasteiger partial charge in [-0.15, -0.1) is 0 Å². The van der Waals surface area contributed by atoms with Gasteiger partial charge >= 0.3 is 0 Å². The zero-order valence-electron chi connectivity index (χ0n) is 18.1. The molecule has 33 heavy (non-hydrogen) atoms. The molecule has 3 rings (SSSR count). The Hall–Kier alpha value is -4.05. The van der Waals surface area contributed by atoms with Gasteiger partial charge in [-0.1, -0.05) is 24.3 Å². The number of rotatable bonds is 9. The lowest BCUT2D eigenvalue weighted by atomic mass is 10.1. The van der Waals surface area contributed by atoms with Gasteiger partial charge in [-0.25, -0.2) is 8.42 Å². The lowest BCUT2D eigenvalue weighted by Gasteiger charge is -2.12. The summed E-state index contributed by atoms with van der Waals surface area (Å²) in [5.74, 6) is 1.52. The van der Waals surface area contributed by atoms with Crippen LogP contribution in [0.2, 0.25) is 0 Å². The molecule has 0 atom stereocenters. The van der Waals surface area contributed by atoms with E-state index in [2.05, 4.69) is 4.72 Å². The van der Waals surface area contributed by atoms with E-state index < -0.39 is 14.9 Å². The van der Waals surface area contributed by atoms with Crippen LogP contribution in [0.3, 0.4) is 0 Å². The molecule has 3 aromatic carbocycles. The third-order valence-corrected chi connectivity index (χ3v) is 6.05. The fourth-order valence-electron chi connectivity index (χ4n) is 3.06. The number of sulfonamides is 1. The van der Waals surface area contributed by atoms with Crippen LogP contribution in [0.1, 0.15) is 11.1 Å². The summed E-state index contributed by atoms with van der Waals surface area (Å²) in [6.45, 7) is 0. The summed E-state index contributed by atoms with van der Waals surface area (Å²) in [7, 11) is 0.684. The topological polar surface area (TPSA) is 117 Å². The number of nitro groups is 1. The van der Waals surface area contributed by atoms with Crippen molar-refractivity contribution in [3.05, 3.63) is 81.9 Å². The number of ether oxygens (including phenoxy) is 3. The number of hydrogen-bond donors (Lipinski definition) is 1. The number of methoxy groups -OCH3 is 3. The molecule has 0 amide bonds. The highest BCUT2D eigenvalue weighted by Gasteiger charge is 2.16. The third-order valence-electron chi connectivity index (χ3n) is 4.65. The molecule has 0 heterocycles. The summed E-state index contributed by atoms with van der Waals surface area (Å²) in [6, 6.07) is 15.1. The van der Waals surface area contributed by atoms with E-state index in [1.807, 2.05) is 18.2 Å². The van der Waals surface area contributed by atoms with Gasteiger partial charge in [-0.05, 0) is 47.5 Å². The van der Waals surface area contributed by atoms with E-state index in [1.165, 1.54) is 33.5 Å². The number of hydrogen-bond acceptors (Lipinski definition) is 7. The van der Waals surface area contributed by atoms with Crippen molar-refractivity contribution in [2.24, 2.45) is 0 Å². The van der Waals surface area contributed by atoms with E-state index in [0.717, 1.165) is 23.3 Å². The van der Waals surface area contributed by atoms with Gasteiger partial charge in [0.15, 0.2) is 11.5 Å². The summed E-state index contributed by atoms with van der Waals surface area (Å²) in [6.07, 6.45) is 3.64. The van der Waals surface area contributed by atoms with Crippen LogP contribution in [-0.4, -0.2) is 34.7 Å². The molecule has 0 fully saturated rings. The van der Waals surface area contributed by atoms with Gasteiger partial charge in [-0.2, -0.15) is 0 Å². The van der Waals surface area contributed by atoms with E-state index in [9.17, 15) is 18.5 Å². The van der Waals surface area contributed by atoms with E-state index in [-0.39, 0.29) is 10.6 Å². The van der Waals surface area contributed by atoms with E-state index >= 15 is 0 Å². The first-order valence-corrected chi connectivity index (χ1v) is 11.1. The van der Waals surface area contributed by atoms with Crippen LogP contribution in [0.4, 0.5) is 11.4 Å². The van der Waals surface area contributed by atoms with Gasteiger partial charge in [-0.3, -0.25) is 14.8 Å². The Morgan fingerprint density at radius 3 is 2.00 bits per heavy atom. The van der Waals surface area contributed by atoms with Crippen molar-refractivity contribution in [1.29, 1.82) is 0 Å². The molecule has 10 heteroatoms. The third kappa shape index (κ3) is 5.60. The van der Waals surface area contributed by atoms with Crippen LogP contribution in [0.5, 0.6) is 17.2 Å². The van der Waals surface area contributed by atoms with Crippen molar-refractivity contribution in [2.45, 2.75) is 4.90 Å². The fraction of sp³-hybridized carbons (Fsp3) is 0.130. The minimum Gasteiger partial charge on any atom is -0.493 e. The van der Waals surface area contributed by atoms with Gasteiger partial charge in [0.1, 0.15) is 0 Å². The van der Waals surface area contributed by atoms with E-state index in [1.54, 1.807) is 30.3 Å². The molecule has 0 aromatic heterocycles. The Kier molecular flexibility index (Phi) is 7.19. The van der Waals surface area contributed by atoms with Gasteiger partial charge in [0.05, 0.1) is 31.1 Å². The molecule has 0 aliphatic rings. The van der Waals surface area contributed by atoms with Crippen molar-refractivity contribution >= 4 is 33.6 Å². The number of anilines is 1. The number of nitrogens with zero attached hydrogens (tertiary/aromatic N) is 1. The van der Waals surface area contributed by atoms with Gasteiger partial charge in [0.25, 0.3) is 15.7 Å². The molecular weight excluding hydrogens is 448 g/mol. The first-order chi connectivity index (χ1) is 15.8. The van der Waals surface area contributed by atoms with Crippen molar-refractivity contribution in [2.75, 3.05) is 26.1 Å². The second-order valence-electron chi connectivity index (χ2n) is 6.77. The first-order valence-electron chi connectivity index (χ1n) is 9.63.